The number of rotatable bonds is 1. The highest BCUT2D eigenvalue weighted by atomic mass is 79.9. The van der Waals surface area contributed by atoms with Gasteiger partial charge in [-0.25, -0.2) is 17.6 Å². The van der Waals surface area contributed by atoms with Crippen LogP contribution in [-0.4, -0.2) is 4.57 Å². The van der Waals surface area contributed by atoms with Crippen LogP contribution >= 0.6 is 15.9 Å². The van der Waals surface area contributed by atoms with Crippen molar-refractivity contribution in [2.24, 2.45) is 0 Å². The maximum atomic E-state index is 14.6. The van der Waals surface area contributed by atoms with Crippen LogP contribution in [0.25, 0.3) is 27.5 Å². The molecule has 4 aromatic rings. The predicted molar refractivity (Wildman–Crippen MR) is 93.1 cm³/mol. The zero-order valence-corrected chi connectivity index (χ0v) is 14.5. The fraction of sp³-hybridized carbons (Fsp3) is 0.0526. The average molecular weight is 408 g/mol. The maximum absolute atomic E-state index is 14.6. The first-order chi connectivity index (χ1) is 11.9. The second kappa shape index (κ2) is 5.59. The highest BCUT2D eigenvalue weighted by Gasteiger charge is 2.26. The van der Waals surface area contributed by atoms with Crippen LogP contribution in [0, 0.1) is 30.2 Å². The van der Waals surface area contributed by atoms with E-state index in [-0.39, 0.29) is 0 Å². The Morgan fingerprint density at radius 2 is 1.36 bits per heavy atom. The summed E-state index contributed by atoms with van der Waals surface area (Å²) in [6, 6.07) is 12.1. The molecule has 25 heavy (non-hydrogen) atoms. The summed E-state index contributed by atoms with van der Waals surface area (Å²) in [5, 5.41) is 1.43. The molecule has 0 radical (unpaired) electrons. The van der Waals surface area contributed by atoms with Gasteiger partial charge >= 0.3 is 0 Å². The Morgan fingerprint density at radius 1 is 0.760 bits per heavy atom. The van der Waals surface area contributed by atoms with Crippen molar-refractivity contribution in [1.82, 2.24) is 4.57 Å². The van der Waals surface area contributed by atoms with Crippen LogP contribution in [0.3, 0.4) is 0 Å². The van der Waals surface area contributed by atoms with Gasteiger partial charge in [0.05, 0.1) is 11.0 Å². The van der Waals surface area contributed by atoms with Gasteiger partial charge in [-0.2, -0.15) is 0 Å². The van der Waals surface area contributed by atoms with E-state index in [9.17, 15) is 17.6 Å². The Bertz CT molecular complexity index is 1130. The van der Waals surface area contributed by atoms with Crippen molar-refractivity contribution in [3.8, 4) is 5.69 Å². The largest absolute Gasteiger partial charge is 0.304 e. The molecule has 1 nitrogen and oxygen atoms in total. The van der Waals surface area contributed by atoms with Crippen molar-refractivity contribution in [2.45, 2.75) is 6.92 Å². The van der Waals surface area contributed by atoms with Gasteiger partial charge in [-0.05, 0) is 31.2 Å². The SMILES string of the molecule is Cc1c(F)c(F)c(-n2c3ccccc3c3cc(Br)ccc32)c(F)c1F. The summed E-state index contributed by atoms with van der Waals surface area (Å²) in [6.07, 6.45) is 0. The number of hydrogen-bond donors (Lipinski definition) is 0. The number of fused-ring (bicyclic) bond motifs is 3. The summed E-state index contributed by atoms with van der Waals surface area (Å²) in [6.45, 7) is 1.00. The molecule has 126 valence electrons. The van der Waals surface area contributed by atoms with Crippen molar-refractivity contribution in [3.05, 3.63) is 75.8 Å². The van der Waals surface area contributed by atoms with E-state index < -0.39 is 34.5 Å². The summed E-state index contributed by atoms with van der Waals surface area (Å²) in [4.78, 5) is 0. The Labute approximate surface area is 148 Å². The third-order valence-corrected chi connectivity index (χ3v) is 4.81. The van der Waals surface area contributed by atoms with Crippen molar-refractivity contribution in [1.29, 1.82) is 0 Å². The summed E-state index contributed by atoms with van der Waals surface area (Å²) >= 11 is 3.37. The first kappa shape index (κ1) is 16.1. The molecule has 1 heterocycles. The minimum Gasteiger partial charge on any atom is -0.304 e. The van der Waals surface area contributed by atoms with E-state index in [2.05, 4.69) is 15.9 Å². The first-order valence-corrected chi connectivity index (χ1v) is 8.22. The van der Waals surface area contributed by atoms with E-state index in [0.29, 0.717) is 16.4 Å². The van der Waals surface area contributed by atoms with Gasteiger partial charge in [0.15, 0.2) is 23.3 Å². The van der Waals surface area contributed by atoms with Gasteiger partial charge in [-0.3, -0.25) is 0 Å². The van der Waals surface area contributed by atoms with Gasteiger partial charge in [0.25, 0.3) is 0 Å². The molecule has 0 fully saturated rings. The minimum absolute atomic E-state index is 0.449. The van der Waals surface area contributed by atoms with Gasteiger partial charge in [0, 0.05) is 20.8 Å². The number of nitrogens with zero attached hydrogens (tertiary/aromatic N) is 1. The standard InChI is InChI=1S/C19H10BrF4N/c1-9-15(21)17(23)19(18(24)16(9)22)25-13-5-3-2-4-11(13)12-8-10(20)6-7-14(12)25/h2-8H,1H3. The summed E-state index contributed by atoms with van der Waals surface area (Å²) in [5.74, 6) is -5.61. The molecule has 6 heteroatoms. The molecular formula is C19H10BrF4N. The molecule has 0 N–H and O–H groups in total. The highest BCUT2D eigenvalue weighted by Crippen LogP contribution is 2.36. The van der Waals surface area contributed by atoms with E-state index in [1.165, 1.54) is 4.57 Å². The van der Waals surface area contributed by atoms with Crippen molar-refractivity contribution in [2.75, 3.05) is 0 Å². The lowest BCUT2D eigenvalue weighted by atomic mass is 10.1. The van der Waals surface area contributed by atoms with E-state index >= 15 is 0 Å². The number of hydrogen-bond acceptors (Lipinski definition) is 0. The Hall–Kier alpha value is -2.34. The molecule has 0 aliphatic heterocycles. The van der Waals surface area contributed by atoms with E-state index in [1.807, 2.05) is 0 Å². The smallest absolute Gasteiger partial charge is 0.186 e. The van der Waals surface area contributed by atoms with E-state index in [4.69, 9.17) is 0 Å². The molecule has 0 aliphatic rings. The van der Waals surface area contributed by atoms with E-state index in [1.54, 1.807) is 42.5 Å². The van der Waals surface area contributed by atoms with Gasteiger partial charge in [0.1, 0.15) is 5.69 Å². The normalized spacial score (nSPS) is 11.6. The topological polar surface area (TPSA) is 4.93 Å². The molecular weight excluding hydrogens is 398 g/mol. The molecule has 0 amide bonds. The fourth-order valence-corrected chi connectivity index (χ4v) is 3.47. The van der Waals surface area contributed by atoms with Crippen molar-refractivity contribution >= 4 is 37.7 Å². The molecule has 4 rings (SSSR count). The van der Waals surface area contributed by atoms with E-state index in [0.717, 1.165) is 16.8 Å². The minimum atomic E-state index is -1.41. The number of aromatic nitrogens is 1. The molecule has 0 atom stereocenters. The Morgan fingerprint density at radius 3 is 2.04 bits per heavy atom. The molecule has 0 saturated carbocycles. The molecule has 3 aromatic carbocycles. The van der Waals surface area contributed by atoms with Gasteiger partial charge in [-0.1, -0.05) is 34.1 Å². The third kappa shape index (κ3) is 2.20. The van der Waals surface area contributed by atoms with Crippen molar-refractivity contribution in [3.63, 3.8) is 0 Å². The summed E-state index contributed by atoms with van der Waals surface area (Å²) in [7, 11) is 0. The summed E-state index contributed by atoms with van der Waals surface area (Å²) < 4.78 is 59.3. The Balaban J connectivity index is 2.26. The number of halogens is 5. The monoisotopic (exact) mass is 407 g/mol. The second-order valence-corrected chi connectivity index (χ2v) is 6.66. The van der Waals surface area contributed by atoms with Crippen LogP contribution in [0.1, 0.15) is 5.56 Å². The van der Waals surface area contributed by atoms with Gasteiger partial charge < -0.3 is 4.57 Å². The lowest BCUT2D eigenvalue weighted by Gasteiger charge is -2.13. The van der Waals surface area contributed by atoms with Crippen LogP contribution in [0.15, 0.2) is 46.9 Å². The van der Waals surface area contributed by atoms with Crippen LogP contribution in [0.4, 0.5) is 17.6 Å². The third-order valence-electron chi connectivity index (χ3n) is 4.32. The van der Waals surface area contributed by atoms with Crippen LogP contribution in [-0.2, 0) is 0 Å². The molecule has 0 saturated heterocycles. The Kier molecular flexibility index (Phi) is 3.61. The predicted octanol–water partition coefficient (Wildman–Crippen LogP) is 6.41. The molecule has 0 spiro atoms. The van der Waals surface area contributed by atoms with Gasteiger partial charge in [-0.15, -0.1) is 0 Å². The maximum Gasteiger partial charge on any atom is 0.186 e. The van der Waals surface area contributed by atoms with Crippen LogP contribution in [0.2, 0.25) is 0 Å². The van der Waals surface area contributed by atoms with Crippen LogP contribution in [0.5, 0.6) is 0 Å². The molecule has 0 bridgehead atoms. The lowest BCUT2D eigenvalue weighted by molar-refractivity contribution is 0.441. The van der Waals surface area contributed by atoms with Crippen LogP contribution < -0.4 is 0 Å². The number of benzene rings is 3. The quantitative estimate of drug-likeness (QED) is 0.253. The highest BCUT2D eigenvalue weighted by molar-refractivity contribution is 9.10. The molecule has 0 aliphatic carbocycles. The first-order valence-electron chi connectivity index (χ1n) is 7.43. The molecule has 1 aromatic heterocycles. The zero-order chi connectivity index (χ0) is 17.9. The van der Waals surface area contributed by atoms with Gasteiger partial charge in [0.2, 0.25) is 0 Å². The zero-order valence-electron chi connectivity index (χ0n) is 12.9. The number of para-hydroxylation sites is 1. The summed E-state index contributed by atoms with van der Waals surface area (Å²) in [5.41, 5.74) is -0.530. The second-order valence-electron chi connectivity index (χ2n) is 5.74. The average Bonchev–Trinajstić information content (AvgIpc) is 2.93. The van der Waals surface area contributed by atoms with Crippen molar-refractivity contribution < 1.29 is 17.6 Å². The molecule has 0 unspecified atom stereocenters. The lowest BCUT2D eigenvalue weighted by Crippen LogP contribution is -2.09. The fourth-order valence-electron chi connectivity index (χ4n) is 3.11.